The van der Waals surface area contributed by atoms with Crippen molar-refractivity contribution >= 4 is 0 Å². The van der Waals surface area contributed by atoms with E-state index in [1.807, 2.05) is 25.4 Å². The van der Waals surface area contributed by atoms with Crippen LogP contribution in [0.25, 0.3) is 0 Å². The van der Waals surface area contributed by atoms with Gasteiger partial charge in [-0.25, -0.2) is 0 Å². The summed E-state index contributed by atoms with van der Waals surface area (Å²) in [4.78, 5) is 6.73. The molecule has 1 aliphatic heterocycles. The topological polar surface area (TPSA) is 36.4 Å². The van der Waals surface area contributed by atoms with Crippen LogP contribution in [-0.2, 0) is 0 Å². The maximum absolute atomic E-state index is 10.9. The third kappa shape index (κ3) is 3.52. The van der Waals surface area contributed by atoms with Crippen molar-refractivity contribution in [2.45, 2.75) is 50.7 Å². The van der Waals surface area contributed by atoms with Crippen molar-refractivity contribution in [2.75, 3.05) is 13.1 Å². The highest BCUT2D eigenvalue weighted by molar-refractivity contribution is 5.23. The summed E-state index contributed by atoms with van der Waals surface area (Å²) < 4.78 is 0. The Balaban J connectivity index is 1.43. The minimum absolute atomic E-state index is 0.297. The normalized spacial score (nSPS) is 33.7. The van der Waals surface area contributed by atoms with E-state index in [1.165, 1.54) is 31.2 Å². The van der Waals surface area contributed by atoms with Crippen LogP contribution in [0.5, 0.6) is 0 Å². The molecule has 3 heteroatoms. The van der Waals surface area contributed by atoms with Gasteiger partial charge in [0.1, 0.15) is 5.60 Å². The summed E-state index contributed by atoms with van der Waals surface area (Å²) in [5, 5.41) is 10.9. The number of rotatable bonds is 3. The average Bonchev–Trinajstić information content (AvgIpc) is 3.27. The molecule has 3 nitrogen and oxygen atoms in total. The van der Waals surface area contributed by atoms with Gasteiger partial charge in [-0.05, 0) is 62.6 Å². The lowest BCUT2D eigenvalue weighted by atomic mass is 9.80. The summed E-state index contributed by atoms with van der Waals surface area (Å²) in [6, 6.07) is 4.59. The Kier molecular flexibility index (Phi) is 4.67. The molecule has 0 spiro atoms. The predicted molar refractivity (Wildman–Crippen MR) is 99.6 cm³/mol. The van der Waals surface area contributed by atoms with E-state index in [0.717, 1.165) is 19.5 Å². The Hall–Kier alpha value is -1.63. The first kappa shape index (κ1) is 16.8. The van der Waals surface area contributed by atoms with E-state index in [0.29, 0.717) is 23.8 Å². The van der Waals surface area contributed by atoms with E-state index in [4.69, 9.17) is 0 Å². The van der Waals surface area contributed by atoms with Gasteiger partial charge in [-0.15, -0.1) is 0 Å². The van der Waals surface area contributed by atoms with Crippen LogP contribution in [0.4, 0.5) is 0 Å². The fraction of sp³-hybridized carbons (Fsp3) is 0.591. The maximum Gasteiger partial charge on any atom is 0.126 e. The average molecular weight is 336 g/mol. The molecule has 2 fully saturated rings. The van der Waals surface area contributed by atoms with Crippen molar-refractivity contribution in [1.29, 1.82) is 0 Å². The van der Waals surface area contributed by atoms with Crippen LogP contribution in [0, 0.1) is 29.6 Å². The molecule has 4 rings (SSSR count). The Morgan fingerprint density at radius 2 is 2.24 bits per heavy atom. The summed E-state index contributed by atoms with van der Waals surface area (Å²) in [6.45, 7) is 3.72. The summed E-state index contributed by atoms with van der Waals surface area (Å²) in [6.07, 6.45) is 14.4. The van der Waals surface area contributed by atoms with Gasteiger partial charge in [0.25, 0.3) is 0 Å². The molecule has 2 heterocycles. The lowest BCUT2D eigenvalue weighted by Crippen LogP contribution is -2.36. The third-order valence-corrected chi connectivity index (χ3v) is 6.31. The summed E-state index contributed by atoms with van der Waals surface area (Å²) >= 11 is 0. The Bertz CT molecular complexity index is 685. The van der Waals surface area contributed by atoms with Crippen LogP contribution in [0.1, 0.15) is 50.6 Å². The fourth-order valence-corrected chi connectivity index (χ4v) is 4.97. The minimum Gasteiger partial charge on any atom is -0.378 e. The SMILES string of the molecule is C[C@@](O)(C#CCN1CCCC[C@@H]1c1cccnc1)[C@H]1C[C@@H]2C=C[C@H]1C2. The number of hydrogen-bond acceptors (Lipinski definition) is 3. The maximum atomic E-state index is 10.9. The highest BCUT2D eigenvalue weighted by atomic mass is 16.3. The van der Waals surface area contributed by atoms with Crippen LogP contribution in [0.15, 0.2) is 36.7 Å². The molecule has 3 aliphatic rings. The zero-order chi connectivity index (χ0) is 17.3. The molecular weight excluding hydrogens is 308 g/mol. The van der Waals surface area contributed by atoms with E-state index >= 15 is 0 Å². The number of fused-ring (bicyclic) bond motifs is 2. The first-order chi connectivity index (χ1) is 12.1. The standard InChI is InChI=1S/C22H28N2O/c1-22(25,20-15-17-8-9-18(20)14-17)10-5-13-24-12-3-2-7-21(24)19-6-4-11-23-16-19/h4,6,8-9,11,16-18,20-21,25H,2-3,7,12-15H2,1H3/t17-,18+,20+,21-,22-/m1/s1. The van der Waals surface area contributed by atoms with Crippen LogP contribution < -0.4 is 0 Å². The molecule has 25 heavy (non-hydrogen) atoms. The minimum atomic E-state index is -0.871. The highest BCUT2D eigenvalue weighted by Gasteiger charge is 2.44. The molecule has 0 radical (unpaired) electrons. The van der Waals surface area contributed by atoms with E-state index in [1.54, 1.807) is 0 Å². The molecule has 132 valence electrons. The van der Waals surface area contributed by atoms with Crippen LogP contribution in [0.2, 0.25) is 0 Å². The number of hydrogen-bond donors (Lipinski definition) is 1. The molecule has 1 saturated heterocycles. The molecule has 2 bridgehead atoms. The number of pyridine rings is 1. The lowest BCUT2D eigenvalue weighted by Gasteiger charge is -2.34. The molecule has 0 unspecified atom stereocenters. The van der Waals surface area contributed by atoms with Gasteiger partial charge in [0.15, 0.2) is 0 Å². The van der Waals surface area contributed by atoms with Gasteiger partial charge in [0.05, 0.1) is 6.54 Å². The van der Waals surface area contributed by atoms with Crippen LogP contribution >= 0.6 is 0 Å². The summed E-state index contributed by atoms with van der Waals surface area (Å²) in [7, 11) is 0. The molecule has 5 atom stereocenters. The van der Waals surface area contributed by atoms with Gasteiger partial charge >= 0.3 is 0 Å². The quantitative estimate of drug-likeness (QED) is 0.677. The largest absolute Gasteiger partial charge is 0.378 e. The Labute approximate surface area is 151 Å². The van der Waals surface area contributed by atoms with Crippen molar-refractivity contribution in [3.05, 3.63) is 42.2 Å². The lowest BCUT2D eigenvalue weighted by molar-refractivity contribution is 0.0430. The van der Waals surface area contributed by atoms with E-state index in [-0.39, 0.29) is 0 Å². The third-order valence-electron chi connectivity index (χ3n) is 6.31. The van der Waals surface area contributed by atoms with Gasteiger partial charge in [0, 0.05) is 24.4 Å². The van der Waals surface area contributed by atoms with E-state index in [9.17, 15) is 5.11 Å². The van der Waals surface area contributed by atoms with Crippen molar-refractivity contribution in [2.24, 2.45) is 17.8 Å². The van der Waals surface area contributed by atoms with Gasteiger partial charge in [0.2, 0.25) is 0 Å². The van der Waals surface area contributed by atoms with E-state index < -0.39 is 5.60 Å². The first-order valence-electron chi connectivity index (χ1n) is 9.68. The molecule has 0 amide bonds. The fourth-order valence-electron chi connectivity index (χ4n) is 4.97. The monoisotopic (exact) mass is 336 g/mol. The number of aliphatic hydroxyl groups is 1. The summed E-state index contributed by atoms with van der Waals surface area (Å²) in [5.74, 6) is 8.02. The van der Waals surface area contributed by atoms with Crippen LogP contribution in [-0.4, -0.2) is 33.7 Å². The number of likely N-dealkylation sites (tertiary alicyclic amines) is 1. The van der Waals surface area contributed by atoms with Crippen molar-refractivity contribution in [3.8, 4) is 11.8 Å². The molecule has 1 aromatic heterocycles. The molecule has 1 N–H and O–H groups in total. The Morgan fingerprint density at radius 3 is 2.96 bits per heavy atom. The van der Waals surface area contributed by atoms with Gasteiger partial charge in [-0.3, -0.25) is 9.88 Å². The van der Waals surface area contributed by atoms with E-state index in [2.05, 4.69) is 39.9 Å². The summed E-state index contributed by atoms with van der Waals surface area (Å²) in [5.41, 5.74) is 0.415. The Morgan fingerprint density at radius 1 is 1.32 bits per heavy atom. The number of allylic oxidation sites excluding steroid dienone is 2. The molecule has 1 aromatic rings. The molecule has 2 aliphatic carbocycles. The molecular formula is C22H28N2O. The second-order valence-corrected chi connectivity index (χ2v) is 8.10. The predicted octanol–water partition coefficient (Wildman–Crippen LogP) is 3.58. The zero-order valence-electron chi connectivity index (χ0n) is 15.1. The second-order valence-electron chi connectivity index (χ2n) is 8.10. The van der Waals surface area contributed by atoms with Gasteiger partial charge in [-0.2, -0.15) is 0 Å². The zero-order valence-corrected chi connectivity index (χ0v) is 15.1. The molecule has 0 aromatic carbocycles. The van der Waals surface area contributed by atoms with Gasteiger partial charge < -0.3 is 5.11 Å². The number of nitrogens with zero attached hydrogens (tertiary/aromatic N) is 2. The van der Waals surface area contributed by atoms with Crippen molar-refractivity contribution < 1.29 is 5.11 Å². The number of piperidine rings is 1. The molecule has 1 saturated carbocycles. The van der Waals surface area contributed by atoms with Crippen LogP contribution in [0.3, 0.4) is 0 Å². The van der Waals surface area contributed by atoms with Gasteiger partial charge in [-0.1, -0.05) is 36.5 Å². The smallest absolute Gasteiger partial charge is 0.126 e. The number of aromatic nitrogens is 1. The first-order valence-corrected chi connectivity index (χ1v) is 9.68. The van der Waals surface area contributed by atoms with Crippen molar-refractivity contribution in [1.82, 2.24) is 9.88 Å². The second kappa shape index (κ2) is 6.94. The highest BCUT2D eigenvalue weighted by Crippen LogP contribution is 2.47. The van der Waals surface area contributed by atoms with Crippen molar-refractivity contribution in [3.63, 3.8) is 0 Å².